The quantitative estimate of drug-likeness (QED) is 0.203. The number of carbonyl (C=O) groups excluding carboxylic acids is 1. The summed E-state index contributed by atoms with van der Waals surface area (Å²) in [6, 6.07) is 21.7. The first-order chi connectivity index (χ1) is 18.3. The topological polar surface area (TPSA) is 112 Å². The lowest BCUT2D eigenvalue weighted by Crippen LogP contribution is -2.20. The molecule has 0 bridgehead atoms. The number of nitrogens with zero attached hydrogens (tertiary/aromatic N) is 4. The van der Waals surface area contributed by atoms with Crippen LogP contribution in [0.2, 0.25) is 0 Å². The van der Waals surface area contributed by atoms with Crippen LogP contribution in [0.5, 0.6) is 11.5 Å². The molecule has 0 unspecified atom stereocenters. The summed E-state index contributed by atoms with van der Waals surface area (Å²) >= 11 is 0. The lowest BCUT2D eigenvalue weighted by molar-refractivity contribution is -0.384. The maximum absolute atomic E-state index is 13.0. The van der Waals surface area contributed by atoms with Crippen molar-refractivity contribution in [2.24, 2.45) is 0 Å². The van der Waals surface area contributed by atoms with Crippen molar-refractivity contribution in [3.05, 3.63) is 106 Å². The van der Waals surface area contributed by atoms with Gasteiger partial charge >= 0.3 is 0 Å². The second-order valence-electron chi connectivity index (χ2n) is 9.11. The van der Waals surface area contributed by atoms with Crippen molar-refractivity contribution in [3.63, 3.8) is 0 Å². The Morgan fingerprint density at radius 2 is 1.68 bits per heavy atom. The van der Waals surface area contributed by atoms with Crippen LogP contribution < -0.4 is 10.1 Å². The number of hydrogen-bond donors (Lipinski definition) is 1. The summed E-state index contributed by atoms with van der Waals surface area (Å²) in [6.45, 7) is 5.64. The van der Waals surface area contributed by atoms with Gasteiger partial charge in [0.25, 0.3) is 5.69 Å². The fraction of sp³-hybridized carbons (Fsp3) is 0.138. The lowest BCUT2D eigenvalue weighted by atomic mass is 10.0. The average Bonchev–Trinajstić information content (AvgIpc) is 3.18. The van der Waals surface area contributed by atoms with Crippen molar-refractivity contribution in [1.82, 2.24) is 14.8 Å². The number of nitro groups is 1. The van der Waals surface area contributed by atoms with Crippen molar-refractivity contribution >= 4 is 28.3 Å². The number of anilines is 1. The van der Waals surface area contributed by atoms with Gasteiger partial charge in [0, 0.05) is 23.7 Å². The number of nitro benzene ring substituents is 1. The third-order valence-electron chi connectivity index (χ3n) is 6.00. The van der Waals surface area contributed by atoms with Crippen LogP contribution >= 0.6 is 0 Å². The molecule has 0 saturated carbocycles. The molecule has 0 radical (unpaired) electrons. The Hall–Kier alpha value is -5.05. The molecular weight excluding hydrogens is 482 g/mol. The number of aromatic nitrogens is 3. The summed E-state index contributed by atoms with van der Waals surface area (Å²) in [5, 5.41) is 19.7. The van der Waals surface area contributed by atoms with Gasteiger partial charge in [-0.05, 0) is 61.2 Å². The number of ether oxygens (including phenoxy) is 1. The summed E-state index contributed by atoms with van der Waals surface area (Å²) in [4.78, 5) is 28.5. The molecule has 0 aliphatic carbocycles. The van der Waals surface area contributed by atoms with E-state index in [1.54, 1.807) is 12.3 Å². The number of aryl methyl sites for hydroxylation is 3. The van der Waals surface area contributed by atoms with Gasteiger partial charge in [0.2, 0.25) is 5.91 Å². The zero-order valence-corrected chi connectivity index (χ0v) is 21.1. The smallest absolute Gasteiger partial charge is 0.275 e. The van der Waals surface area contributed by atoms with Crippen LogP contribution in [-0.4, -0.2) is 25.6 Å². The Balaban J connectivity index is 1.41. The van der Waals surface area contributed by atoms with E-state index in [0.717, 1.165) is 33.3 Å². The van der Waals surface area contributed by atoms with Gasteiger partial charge in [0.05, 0.1) is 22.4 Å². The van der Waals surface area contributed by atoms with Gasteiger partial charge < -0.3 is 10.1 Å². The molecule has 0 saturated heterocycles. The summed E-state index contributed by atoms with van der Waals surface area (Å²) in [6.07, 6.45) is 1.69. The summed E-state index contributed by atoms with van der Waals surface area (Å²) in [5.74, 6) is 0.396. The Labute approximate surface area is 218 Å². The Bertz CT molecular complexity index is 1660. The van der Waals surface area contributed by atoms with Gasteiger partial charge in [-0.25, -0.2) is 9.67 Å². The number of pyridine rings is 1. The molecule has 38 heavy (non-hydrogen) atoms. The molecule has 3 aromatic carbocycles. The molecule has 2 aromatic heterocycles. The highest BCUT2D eigenvalue weighted by atomic mass is 16.6. The highest BCUT2D eigenvalue weighted by Gasteiger charge is 2.18. The largest absolute Gasteiger partial charge is 0.457 e. The van der Waals surface area contributed by atoms with E-state index in [9.17, 15) is 14.9 Å². The number of amides is 1. The molecule has 9 nitrogen and oxygen atoms in total. The van der Waals surface area contributed by atoms with Gasteiger partial charge in [0.15, 0.2) is 5.65 Å². The number of fused-ring (bicyclic) bond motifs is 1. The second kappa shape index (κ2) is 10.1. The molecule has 0 atom stereocenters. The number of benzene rings is 3. The van der Waals surface area contributed by atoms with E-state index in [4.69, 9.17) is 4.74 Å². The monoisotopic (exact) mass is 507 g/mol. The number of hydrogen-bond acceptors (Lipinski definition) is 6. The van der Waals surface area contributed by atoms with Gasteiger partial charge in [-0.15, -0.1) is 0 Å². The fourth-order valence-electron chi connectivity index (χ4n) is 4.53. The Morgan fingerprint density at radius 3 is 2.39 bits per heavy atom. The molecule has 0 fully saturated rings. The fourth-order valence-corrected chi connectivity index (χ4v) is 4.53. The number of carbonyl (C=O) groups is 1. The zero-order valence-electron chi connectivity index (χ0n) is 21.1. The molecule has 190 valence electrons. The van der Waals surface area contributed by atoms with E-state index in [0.29, 0.717) is 11.4 Å². The lowest BCUT2D eigenvalue weighted by Gasteiger charge is -2.11. The van der Waals surface area contributed by atoms with Crippen LogP contribution in [0.4, 0.5) is 11.4 Å². The molecule has 9 heteroatoms. The van der Waals surface area contributed by atoms with Crippen molar-refractivity contribution in [3.8, 4) is 22.6 Å². The summed E-state index contributed by atoms with van der Waals surface area (Å²) < 4.78 is 7.44. The van der Waals surface area contributed by atoms with Gasteiger partial charge in [-0.3, -0.25) is 14.9 Å². The molecule has 2 heterocycles. The van der Waals surface area contributed by atoms with E-state index in [1.807, 2.05) is 75.4 Å². The summed E-state index contributed by atoms with van der Waals surface area (Å²) in [7, 11) is 0. The molecule has 0 aliphatic rings. The van der Waals surface area contributed by atoms with E-state index in [-0.39, 0.29) is 23.7 Å². The first-order valence-electron chi connectivity index (χ1n) is 12.0. The first-order valence-corrected chi connectivity index (χ1v) is 12.0. The third-order valence-corrected chi connectivity index (χ3v) is 6.00. The highest BCUT2D eigenvalue weighted by molar-refractivity contribution is 5.96. The Kier molecular flexibility index (Phi) is 6.57. The number of rotatable bonds is 7. The molecule has 5 aromatic rings. The minimum atomic E-state index is -0.524. The van der Waals surface area contributed by atoms with Gasteiger partial charge in [0.1, 0.15) is 18.0 Å². The predicted molar refractivity (Wildman–Crippen MR) is 145 cm³/mol. The van der Waals surface area contributed by atoms with Crippen LogP contribution in [0.3, 0.4) is 0 Å². The standard InChI is InChI=1S/C29H25N5O4/c1-18-11-19(2)13-24(12-18)38-25-15-22(14-23(16-25)34(36)37)31-27(35)17-33-29-28(20(3)32-33)26(9-10-30-29)21-7-5-4-6-8-21/h4-16H,17H2,1-3H3,(H,31,35). The zero-order chi connectivity index (χ0) is 26.8. The maximum atomic E-state index is 13.0. The van der Waals surface area contributed by atoms with Crippen LogP contribution in [0, 0.1) is 30.9 Å². The highest BCUT2D eigenvalue weighted by Crippen LogP contribution is 2.32. The molecule has 0 aliphatic heterocycles. The molecular formula is C29H25N5O4. The molecule has 1 amide bonds. The van der Waals surface area contributed by atoms with E-state index >= 15 is 0 Å². The van der Waals surface area contributed by atoms with Crippen molar-refractivity contribution < 1.29 is 14.5 Å². The predicted octanol–water partition coefficient (Wildman–Crippen LogP) is 6.36. The first kappa shape index (κ1) is 24.6. The minimum Gasteiger partial charge on any atom is -0.457 e. The van der Waals surface area contributed by atoms with Crippen molar-refractivity contribution in [1.29, 1.82) is 0 Å². The Morgan fingerprint density at radius 1 is 0.974 bits per heavy atom. The third kappa shape index (κ3) is 5.22. The van der Waals surface area contributed by atoms with Crippen LogP contribution in [0.1, 0.15) is 16.8 Å². The SMILES string of the molecule is Cc1cc(C)cc(Oc2cc(NC(=O)Cn3nc(C)c4c(-c5ccccc5)ccnc43)cc([N+](=O)[O-])c2)c1. The number of non-ortho nitro benzene ring substituents is 1. The minimum absolute atomic E-state index is 0.120. The van der Waals surface area contributed by atoms with Crippen LogP contribution in [0.15, 0.2) is 79.0 Å². The van der Waals surface area contributed by atoms with Crippen LogP contribution in [0.25, 0.3) is 22.2 Å². The molecule has 0 spiro atoms. The maximum Gasteiger partial charge on any atom is 0.275 e. The molecule has 1 N–H and O–H groups in total. The van der Waals surface area contributed by atoms with Crippen molar-refractivity contribution in [2.45, 2.75) is 27.3 Å². The van der Waals surface area contributed by atoms with Crippen molar-refractivity contribution in [2.75, 3.05) is 5.32 Å². The van der Waals surface area contributed by atoms with E-state index in [2.05, 4.69) is 15.4 Å². The summed E-state index contributed by atoms with van der Waals surface area (Å²) in [5.41, 5.74) is 5.39. The average molecular weight is 508 g/mol. The van der Waals surface area contributed by atoms with Crippen LogP contribution in [-0.2, 0) is 11.3 Å². The molecule has 5 rings (SSSR count). The number of nitrogens with one attached hydrogen (secondary N) is 1. The van der Waals surface area contributed by atoms with E-state index < -0.39 is 10.8 Å². The second-order valence-corrected chi connectivity index (χ2v) is 9.11. The van der Waals surface area contributed by atoms with Gasteiger partial charge in [-0.1, -0.05) is 36.4 Å². The normalized spacial score (nSPS) is 10.9. The van der Waals surface area contributed by atoms with E-state index in [1.165, 1.54) is 16.8 Å². The van der Waals surface area contributed by atoms with Gasteiger partial charge in [-0.2, -0.15) is 5.10 Å².